The molecular formula is C11H23ClN2O2S. The van der Waals surface area contributed by atoms with Gasteiger partial charge in [0.1, 0.15) is 0 Å². The molecule has 2 unspecified atom stereocenters. The first-order valence-electron chi connectivity index (χ1n) is 6.13. The van der Waals surface area contributed by atoms with Gasteiger partial charge in [0.25, 0.3) is 10.2 Å². The quantitative estimate of drug-likeness (QED) is 0.741. The molecule has 1 fully saturated rings. The number of hydrogen-bond donors (Lipinski definition) is 0. The van der Waals surface area contributed by atoms with Crippen LogP contribution in [0.3, 0.4) is 0 Å². The molecule has 0 aliphatic heterocycles. The van der Waals surface area contributed by atoms with Gasteiger partial charge in [-0.05, 0) is 26.7 Å². The van der Waals surface area contributed by atoms with Crippen LogP contribution < -0.4 is 0 Å². The summed E-state index contributed by atoms with van der Waals surface area (Å²) < 4.78 is 27.5. The first-order valence-corrected chi connectivity index (χ1v) is 7.97. The minimum atomic E-state index is -3.39. The molecule has 2 atom stereocenters. The van der Waals surface area contributed by atoms with Crippen molar-refractivity contribution in [1.82, 2.24) is 8.61 Å². The van der Waals surface area contributed by atoms with Crippen LogP contribution in [0.15, 0.2) is 0 Å². The molecule has 0 aromatic carbocycles. The van der Waals surface area contributed by atoms with E-state index in [1.807, 2.05) is 13.8 Å². The van der Waals surface area contributed by atoms with Gasteiger partial charge in [-0.2, -0.15) is 17.0 Å². The van der Waals surface area contributed by atoms with E-state index in [4.69, 9.17) is 11.6 Å². The van der Waals surface area contributed by atoms with Gasteiger partial charge in [0, 0.05) is 26.2 Å². The number of halogens is 1. The summed E-state index contributed by atoms with van der Waals surface area (Å²) in [4.78, 5) is 0. The van der Waals surface area contributed by atoms with Crippen LogP contribution in [-0.2, 0) is 10.2 Å². The highest BCUT2D eigenvalue weighted by atomic mass is 35.5. The lowest BCUT2D eigenvalue weighted by Crippen LogP contribution is -2.50. The molecule has 4 nitrogen and oxygen atoms in total. The van der Waals surface area contributed by atoms with Crippen LogP contribution >= 0.6 is 11.6 Å². The number of rotatable bonds is 4. The van der Waals surface area contributed by atoms with Crippen molar-refractivity contribution >= 4 is 21.8 Å². The number of hydrogen-bond acceptors (Lipinski definition) is 2. The highest BCUT2D eigenvalue weighted by molar-refractivity contribution is 7.86. The topological polar surface area (TPSA) is 40.6 Å². The van der Waals surface area contributed by atoms with Gasteiger partial charge in [0.2, 0.25) is 0 Å². The zero-order chi connectivity index (χ0) is 13.2. The van der Waals surface area contributed by atoms with Crippen LogP contribution in [0.5, 0.6) is 0 Å². The molecule has 17 heavy (non-hydrogen) atoms. The standard InChI is InChI=1S/C11H23ClN2O2S/c1-9(2)13(3)17(15,16)14(4)11-8-6-5-7-10(11)12/h9-11H,5-8H2,1-4H3. The fourth-order valence-corrected chi connectivity index (χ4v) is 4.17. The molecular weight excluding hydrogens is 260 g/mol. The van der Waals surface area contributed by atoms with Gasteiger partial charge in [-0.25, -0.2) is 0 Å². The summed E-state index contributed by atoms with van der Waals surface area (Å²) in [7, 11) is -0.136. The van der Waals surface area contributed by atoms with Crippen LogP contribution in [0.1, 0.15) is 39.5 Å². The maximum absolute atomic E-state index is 12.3. The average molecular weight is 283 g/mol. The Morgan fingerprint density at radius 3 is 2.18 bits per heavy atom. The van der Waals surface area contributed by atoms with E-state index in [1.54, 1.807) is 14.1 Å². The fraction of sp³-hybridized carbons (Fsp3) is 1.00. The zero-order valence-corrected chi connectivity index (χ0v) is 12.6. The Morgan fingerprint density at radius 1 is 1.18 bits per heavy atom. The summed E-state index contributed by atoms with van der Waals surface area (Å²) in [6.45, 7) is 3.73. The lowest BCUT2D eigenvalue weighted by atomic mass is 9.95. The Bertz CT molecular complexity index is 345. The van der Waals surface area contributed by atoms with E-state index in [-0.39, 0.29) is 17.5 Å². The second-order valence-electron chi connectivity index (χ2n) is 5.00. The highest BCUT2D eigenvalue weighted by Gasteiger charge is 2.35. The Hall–Kier alpha value is 0.160. The van der Waals surface area contributed by atoms with Crippen LogP contribution in [0, 0.1) is 0 Å². The Balaban J connectivity index is 2.84. The van der Waals surface area contributed by atoms with Crippen molar-refractivity contribution in [3.05, 3.63) is 0 Å². The summed E-state index contributed by atoms with van der Waals surface area (Å²) in [5.41, 5.74) is 0. The van der Waals surface area contributed by atoms with E-state index in [9.17, 15) is 8.42 Å². The van der Waals surface area contributed by atoms with Crippen molar-refractivity contribution in [2.24, 2.45) is 0 Å². The largest absolute Gasteiger partial charge is 0.282 e. The monoisotopic (exact) mass is 282 g/mol. The number of nitrogens with zero attached hydrogens (tertiary/aromatic N) is 2. The van der Waals surface area contributed by atoms with E-state index in [1.165, 1.54) is 8.61 Å². The molecule has 1 saturated carbocycles. The Morgan fingerprint density at radius 2 is 1.71 bits per heavy atom. The molecule has 1 rings (SSSR count). The van der Waals surface area contributed by atoms with Crippen LogP contribution in [0.25, 0.3) is 0 Å². The van der Waals surface area contributed by atoms with Crippen LogP contribution in [0.4, 0.5) is 0 Å². The van der Waals surface area contributed by atoms with Gasteiger partial charge in [0.15, 0.2) is 0 Å². The first-order chi connectivity index (χ1) is 7.78. The van der Waals surface area contributed by atoms with Crippen molar-refractivity contribution in [3.8, 4) is 0 Å². The molecule has 0 saturated heterocycles. The number of alkyl halides is 1. The van der Waals surface area contributed by atoms with Gasteiger partial charge in [-0.1, -0.05) is 12.8 Å². The molecule has 1 aliphatic carbocycles. The predicted molar refractivity (Wildman–Crippen MR) is 71.5 cm³/mol. The fourth-order valence-electron chi connectivity index (χ4n) is 2.12. The second-order valence-corrected chi connectivity index (χ2v) is 7.61. The van der Waals surface area contributed by atoms with Crippen molar-refractivity contribution in [3.63, 3.8) is 0 Å². The third-order valence-electron chi connectivity index (χ3n) is 3.57. The van der Waals surface area contributed by atoms with E-state index in [0.717, 1.165) is 25.7 Å². The van der Waals surface area contributed by atoms with Gasteiger partial charge in [-0.3, -0.25) is 0 Å². The molecule has 6 heteroatoms. The summed E-state index contributed by atoms with van der Waals surface area (Å²) in [6, 6.07) is -0.114. The maximum atomic E-state index is 12.3. The first kappa shape index (κ1) is 15.2. The summed E-state index contributed by atoms with van der Waals surface area (Å²) in [5.74, 6) is 0. The molecule has 0 heterocycles. The molecule has 0 aromatic heterocycles. The van der Waals surface area contributed by atoms with E-state index >= 15 is 0 Å². The van der Waals surface area contributed by atoms with Gasteiger partial charge < -0.3 is 0 Å². The maximum Gasteiger partial charge on any atom is 0.282 e. The molecule has 102 valence electrons. The Labute approximate surface area is 110 Å². The normalized spacial score (nSPS) is 27.1. The molecule has 0 spiro atoms. The average Bonchev–Trinajstić information content (AvgIpc) is 2.27. The van der Waals surface area contributed by atoms with E-state index in [2.05, 4.69) is 0 Å². The minimum Gasteiger partial charge on any atom is -0.195 e. The molecule has 0 radical (unpaired) electrons. The smallest absolute Gasteiger partial charge is 0.195 e. The van der Waals surface area contributed by atoms with Crippen molar-refractivity contribution in [2.45, 2.75) is 57.0 Å². The van der Waals surface area contributed by atoms with Gasteiger partial charge >= 0.3 is 0 Å². The predicted octanol–water partition coefficient (Wildman–Crippen LogP) is 2.05. The third kappa shape index (κ3) is 3.34. The summed E-state index contributed by atoms with van der Waals surface area (Å²) >= 11 is 6.24. The van der Waals surface area contributed by atoms with E-state index < -0.39 is 10.2 Å². The second kappa shape index (κ2) is 5.87. The molecule has 0 aromatic rings. The van der Waals surface area contributed by atoms with Crippen LogP contribution in [-0.4, -0.2) is 48.6 Å². The Kier molecular flexibility index (Phi) is 5.25. The van der Waals surface area contributed by atoms with Crippen LogP contribution in [0.2, 0.25) is 0 Å². The van der Waals surface area contributed by atoms with Gasteiger partial charge in [0.05, 0.1) is 5.38 Å². The SMILES string of the molecule is CC(C)N(C)S(=O)(=O)N(C)C1CCCCC1Cl. The van der Waals surface area contributed by atoms with Crippen molar-refractivity contribution in [1.29, 1.82) is 0 Å². The summed E-state index contributed by atoms with van der Waals surface area (Å²) in [5, 5.41) is -0.0657. The third-order valence-corrected chi connectivity index (χ3v) is 6.23. The van der Waals surface area contributed by atoms with Crippen molar-refractivity contribution < 1.29 is 8.42 Å². The lowest BCUT2D eigenvalue weighted by Gasteiger charge is -2.36. The molecule has 0 bridgehead atoms. The highest BCUT2D eigenvalue weighted by Crippen LogP contribution is 2.28. The molecule has 0 amide bonds. The van der Waals surface area contributed by atoms with Crippen molar-refractivity contribution in [2.75, 3.05) is 14.1 Å². The lowest BCUT2D eigenvalue weighted by molar-refractivity contribution is 0.266. The van der Waals surface area contributed by atoms with Gasteiger partial charge in [-0.15, -0.1) is 11.6 Å². The molecule has 1 aliphatic rings. The molecule has 0 N–H and O–H groups in total. The van der Waals surface area contributed by atoms with E-state index in [0.29, 0.717) is 0 Å². The zero-order valence-electron chi connectivity index (χ0n) is 11.1. The summed E-state index contributed by atoms with van der Waals surface area (Å²) in [6.07, 6.45) is 3.91. The minimum absolute atomic E-state index is 0.0418.